The highest BCUT2D eigenvalue weighted by Crippen LogP contribution is 2.22. The summed E-state index contributed by atoms with van der Waals surface area (Å²) < 4.78 is 2.08. The van der Waals surface area contributed by atoms with Crippen LogP contribution in [0.4, 0.5) is 0 Å². The van der Waals surface area contributed by atoms with Crippen molar-refractivity contribution in [2.24, 2.45) is 0 Å². The van der Waals surface area contributed by atoms with Crippen molar-refractivity contribution >= 4 is 22.8 Å². The van der Waals surface area contributed by atoms with Crippen LogP contribution in [0.5, 0.6) is 0 Å². The van der Waals surface area contributed by atoms with Gasteiger partial charge in [0, 0.05) is 36.4 Å². The molecule has 33 heavy (non-hydrogen) atoms. The highest BCUT2D eigenvalue weighted by atomic mass is 16.2. The second-order valence-electron chi connectivity index (χ2n) is 8.42. The van der Waals surface area contributed by atoms with E-state index < -0.39 is 0 Å². The van der Waals surface area contributed by atoms with Gasteiger partial charge in [-0.2, -0.15) is 0 Å². The fraction of sp³-hybridized carbons (Fsp3) is 0.222. The maximum absolute atomic E-state index is 12.8. The Balaban J connectivity index is 1.46. The number of nitrogens with zero attached hydrogens (tertiary/aromatic N) is 3. The molecule has 2 amide bonds. The Hall–Kier alpha value is -3.93. The Kier molecular flexibility index (Phi) is 6.27. The van der Waals surface area contributed by atoms with Crippen LogP contribution >= 0.6 is 0 Å². The first-order valence-corrected chi connectivity index (χ1v) is 11.0. The molecule has 1 heterocycles. The molecule has 3 aromatic carbocycles. The van der Waals surface area contributed by atoms with Crippen molar-refractivity contribution in [2.75, 3.05) is 7.05 Å². The van der Waals surface area contributed by atoms with Gasteiger partial charge in [-0.05, 0) is 68.8 Å². The first-order valence-electron chi connectivity index (χ1n) is 11.0. The minimum Gasteiger partial charge on any atom is -0.348 e. The number of carbonyl (C=O) groups excluding carboxylic acids is 2. The highest BCUT2D eigenvalue weighted by Gasteiger charge is 2.15. The normalized spacial score (nSPS) is 11.1. The number of amides is 2. The standard InChI is InChI=1S/C27H28N4O2/c1-18(2)30(4)27(33)21-12-10-20(11-13-21)17-28-26(32)22-14-15-25-24(16-22)29-19(3)31(25)23-8-6-5-7-9-23/h5-16,18H,17H2,1-4H3,(H,28,32). The number of nitrogens with one attached hydrogen (secondary N) is 1. The second kappa shape index (κ2) is 9.28. The van der Waals surface area contributed by atoms with Gasteiger partial charge in [0.25, 0.3) is 11.8 Å². The van der Waals surface area contributed by atoms with Gasteiger partial charge in [0.2, 0.25) is 0 Å². The van der Waals surface area contributed by atoms with Gasteiger partial charge in [0.05, 0.1) is 11.0 Å². The van der Waals surface area contributed by atoms with Crippen molar-refractivity contribution in [1.29, 1.82) is 0 Å². The molecule has 0 fully saturated rings. The minimum atomic E-state index is -0.163. The summed E-state index contributed by atoms with van der Waals surface area (Å²) in [6.07, 6.45) is 0. The summed E-state index contributed by atoms with van der Waals surface area (Å²) >= 11 is 0. The molecule has 0 radical (unpaired) electrons. The number of fused-ring (bicyclic) bond motifs is 1. The molecule has 0 unspecified atom stereocenters. The summed E-state index contributed by atoms with van der Waals surface area (Å²) in [4.78, 5) is 31.5. The molecule has 4 aromatic rings. The second-order valence-corrected chi connectivity index (χ2v) is 8.42. The Morgan fingerprint density at radius 3 is 2.30 bits per heavy atom. The van der Waals surface area contributed by atoms with E-state index in [0.717, 1.165) is 28.1 Å². The molecule has 0 atom stereocenters. The lowest BCUT2D eigenvalue weighted by molar-refractivity contribution is 0.0754. The smallest absolute Gasteiger partial charge is 0.253 e. The Morgan fingerprint density at radius 2 is 1.64 bits per heavy atom. The summed E-state index contributed by atoms with van der Waals surface area (Å²) in [5.74, 6) is 0.689. The number of hydrogen-bond donors (Lipinski definition) is 1. The van der Waals surface area contributed by atoms with Crippen LogP contribution in [0.1, 0.15) is 46.0 Å². The molecule has 0 saturated carbocycles. The van der Waals surface area contributed by atoms with Gasteiger partial charge in [0.15, 0.2) is 0 Å². The van der Waals surface area contributed by atoms with E-state index in [1.54, 1.807) is 24.1 Å². The summed E-state index contributed by atoms with van der Waals surface area (Å²) in [5, 5.41) is 2.95. The van der Waals surface area contributed by atoms with Crippen LogP contribution in [-0.4, -0.2) is 39.4 Å². The Morgan fingerprint density at radius 1 is 0.970 bits per heavy atom. The number of benzene rings is 3. The maximum atomic E-state index is 12.8. The van der Waals surface area contributed by atoms with Crippen molar-refractivity contribution < 1.29 is 9.59 Å². The largest absolute Gasteiger partial charge is 0.348 e. The summed E-state index contributed by atoms with van der Waals surface area (Å²) in [5.41, 5.74) is 4.90. The third-order valence-electron chi connectivity index (χ3n) is 5.85. The lowest BCUT2D eigenvalue weighted by atomic mass is 10.1. The van der Waals surface area contributed by atoms with Crippen LogP contribution in [-0.2, 0) is 6.54 Å². The lowest BCUT2D eigenvalue weighted by Crippen LogP contribution is -2.32. The first-order chi connectivity index (χ1) is 15.8. The summed E-state index contributed by atoms with van der Waals surface area (Å²) in [6, 6.07) is 23.1. The number of aryl methyl sites for hydroxylation is 1. The van der Waals surface area contributed by atoms with E-state index in [-0.39, 0.29) is 17.9 Å². The van der Waals surface area contributed by atoms with Gasteiger partial charge >= 0.3 is 0 Å². The third kappa shape index (κ3) is 4.65. The first kappa shape index (κ1) is 22.3. The molecular weight excluding hydrogens is 412 g/mol. The number of para-hydroxylation sites is 1. The molecular formula is C27H28N4O2. The number of carbonyl (C=O) groups is 2. The van der Waals surface area contributed by atoms with E-state index in [9.17, 15) is 9.59 Å². The quantitative estimate of drug-likeness (QED) is 0.471. The van der Waals surface area contributed by atoms with Gasteiger partial charge in [0.1, 0.15) is 5.82 Å². The topological polar surface area (TPSA) is 67.2 Å². The molecule has 0 aliphatic heterocycles. The Labute approximate surface area is 193 Å². The predicted octanol–water partition coefficient (Wildman–Crippen LogP) is 4.74. The Bertz CT molecular complexity index is 1290. The molecule has 0 aliphatic carbocycles. The SMILES string of the molecule is Cc1nc2cc(C(=O)NCc3ccc(C(=O)N(C)C(C)C)cc3)ccc2n1-c1ccccc1. The number of aromatic nitrogens is 2. The number of hydrogen-bond acceptors (Lipinski definition) is 3. The van der Waals surface area contributed by atoms with Gasteiger partial charge in [-0.1, -0.05) is 30.3 Å². The zero-order valence-corrected chi connectivity index (χ0v) is 19.4. The molecule has 6 nitrogen and oxygen atoms in total. The monoisotopic (exact) mass is 440 g/mol. The molecule has 4 rings (SSSR count). The molecule has 0 aliphatic rings. The van der Waals surface area contributed by atoms with Crippen molar-refractivity contribution in [3.05, 3.63) is 95.3 Å². The fourth-order valence-electron chi connectivity index (χ4n) is 3.73. The van der Waals surface area contributed by atoms with Gasteiger partial charge in [-0.15, -0.1) is 0 Å². The van der Waals surface area contributed by atoms with Crippen molar-refractivity contribution in [1.82, 2.24) is 19.8 Å². The minimum absolute atomic E-state index is 0.0147. The van der Waals surface area contributed by atoms with E-state index in [1.165, 1.54) is 0 Å². The zero-order chi connectivity index (χ0) is 23.5. The van der Waals surface area contributed by atoms with E-state index in [2.05, 4.69) is 14.9 Å². The zero-order valence-electron chi connectivity index (χ0n) is 19.4. The van der Waals surface area contributed by atoms with E-state index >= 15 is 0 Å². The number of rotatable bonds is 6. The fourth-order valence-corrected chi connectivity index (χ4v) is 3.73. The van der Waals surface area contributed by atoms with Crippen LogP contribution in [0.25, 0.3) is 16.7 Å². The van der Waals surface area contributed by atoms with Crippen LogP contribution < -0.4 is 5.32 Å². The van der Waals surface area contributed by atoms with E-state index in [4.69, 9.17) is 0 Å². The van der Waals surface area contributed by atoms with Crippen LogP contribution in [0.3, 0.4) is 0 Å². The van der Waals surface area contributed by atoms with Crippen molar-refractivity contribution in [3.63, 3.8) is 0 Å². The van der Waals surface area contributed by atoms with Crippen LogP contribution in [0.15, 0.2) is 72.8 Å². The molecule has 1 aromatic heterocycles. The summed E-state index contributed by atoms with van der Waals surface area (Å²) in [6.45, 7) is 6.29. The maximum Gasteiger partial charge on any atom is 0.253 e. The molecule has 6 heteroatoms. The third-order valence-corrected chi connectivity index (χ3v) is 5.85. The average molecular weight is 441 g/mol. The van der Waals surface area contributed by atoms with E-state index in [0.29, 0.717) is 17.7 Å². The van der Waals surface area contributed by atoms with Crippen LogP contribution in [0, 0.1) is 6.92 Å². The predicted molar refractivity (Wildman–Crippen MR) is 131 cm³/mol. The molecule has 168 valence electrons. The highest BCUT2D eigenvalue weighted by molar-refractivity contribution is 5.97. The molecule has 1 N–H and O–H groups in total. The van der Waals surface area contributed by atoms with Crippen molar-refractivity contribution in [2.45, 2.75) is 33.4 Å². The average Bonchev–Trinajstić information content (AvgIpc) is 3.17. The lowest BCUT2D eigenvalue weighted by Gasteiger charge is -2.21. The van der Waals surface area contributed by atoms with Gasteiger partial charge < -0.3 is 10.2 Å². The molecule has 0 saturated heterocycles. The van der Waals surface area contributed by atoms with Crippen molar-refractivity contribution in [3.8, 4) is 5.69 Å². The summed E-state index contributed by atoms with van der Waals surface area (Å²) in [7, 11) is 1.79. The van der Waals surface area contributed by atoms with Crippen LogP contribution in [0.2, 0.25) is 0 Å². The molecule has 0 bridgehead atoms. The van der Waals surface area contributed by atoms with Gasteiger partial charge in [-0.3, -0.25) is 14.2 Å². The van der Waals surface area contributed by atoms with E-state index in [1.807, 2.05) is 81.4 Å². The van der Waals surface area contributed by atoms with Gasteiger partial charge in [-0.25, -0.2) is 4.98 Å². The molecule has 0 spiro atoms. The number of imidazole rings is 1.